The Kier molecular flexibility index (Phi) is 4.68. The summed E-state index contributed by atoms with van der Waals surface area (Å²) in [6.07, 6.45) is 3.31. The van der Waals surface area contributed by atoms with Gasteiger partial charge in [0, 0.05) is 47.1 Å². The Hall–Kier alpha value is -3.80. The molecule has 0 aliphatic heterocycles. The van der Waals surface area contributed by atoms with Crippen molar-refractivity contribution in [3.63, 3.8) is 0 Å². The largest absolute Gasteiger partial charge is 0.383 e. The Bertz CT molecular complexity index is 1160. The highest BCUT2D eigenvalue weighted by molar-refractivity contribution is 5.94. The summed E-state index contributed by atoms with van der Waals surface area (Å²) >= 11 is 0. The molecule has 0 unspecified atom stereocenters. The predicted molar refractivity (Wildman–Crippen MR) is 107 cm³/mol. The minimum Gasteiger partial charge on any atom is -0.383 e. The number of anilines is 1. The number of pyridine rings is 2. The van der Waals surface area contributed by atoms with Crippen LogP contribution >= 0.6 is 0 Å². The van der Waals surface area contributed by atoms with Crippen molar-refractivity contribution in [1.29, 1.82) is 0 Å². The van der Waals surface area contributed by atoms with Crippen LogP contribution in [-0.2, 0) is 6.54 Å². The molecule has 1 amide bonds. The fraction of sp³-hybridized carbons (Fsp3) is 0.0455. The number of hydrogen-bond donors (Lipinski definition) is 2. The summed E-state index contributed by atoms with van der Waals surface area (Å²) in [5.74, 6) is -0.0973. The van der Waals surface area contributed by atoms with E-state index in [-0.39, 0.29) is 11.7 Å². The van der Waals surface area contributed by atoms with E-state index in [9.17, 15) is 9.18 Å². The lowest BCUT2D eigenvalue weighted by atomic mass is 10.0. The molecule has 4 rings (SSSR count). The molecule has 0 radical (unpaired) electrons. The van der Waals surface area contributed by atoms with E-state index in [1.54, 1.807) is 36.7 Å². The minimum absolute atomic E-state index is 0.193. The van der Waals surface area contributed by atoms with E-state index in [0.717, 1.165) is 22.1 Å². The van der Waals surface area contributed by atoms with Crippen molar-refractivity contribution >= 4 is 22.6 Å². The molecule has 4 aromatic rings. The molecule has 0 fully saturated rings. The molecular weight excluding hydrogens is 355 g/mol. The summed E-state index contributed by atoms with van der Waals surface area (Å²) in [5.41, 5.74) is 9.53. The van der Waals surface area contributed by atoms with Crippen LogP contribution in [0, 0.1) is 5.82 Å². The standard InChI is InChI=1S/C22H17FN4O/c23-19-8-7-16-10-18(13-26-20(16)11-19)14-3-5-15(6-4-14)22(28)27-12-17-2-1-9-25-21(17)24/h1-11,13H,12H2,(H2,24,25)(H,27,28). The Morgan fingerprint density at radius 2 is 1.82 bits per heavy atom. The molecule has 3 N–H and O–H groups in total. The van der Waals surface area contributed by atoms with Gasteiger partial charge in [0.25, 0.3) is 5.91 Å². The number of fused-ring (bicyclic) bond motifs is 1. The summed E-state index contributed by atoms with van der Waals surface area (Å²) < 4.78 is 13.3. The lowest BCUT2D eigenvalue weighted by Crippen LogP contribution is -2.23. The number of nitrogens with one attached hydrogen (secondary N) is 1. The summed E-state index contributed by atoms with van der Waals surface area (Å²) in [6, 6.07) is 17.3. The maximum absolute atomic E-state index is 13.3. The summed E-state index contributed by atoms with van der Waals surface area (Å²) in [5, 5.41) is 3.69. The number of amides is 1. The lowest BCUT2D eigenvalue weighted by Gasteiger charge is -2.08. The number of nitrogen functional groups attached to an aromatic ring is 1. The van der Waals surface area contributed by atoms with Crippen molar-refractivity contribution in [2.24, 2.45) is 0 Å². The van der Waals surface area contributed by atoms with Crippen LogP contribution < -0.4 is 11.1 Å². The van der Waals surface area contributed by atoms with Gasteiger partial charge < -0.3 is 11.1 Å². The lowest BCUT2D eigenvalue weighted by molar-refractivity contribution is 0.0951. The third-order valence-corrected chi connectivity index (χ3v) is 4.49. The topological polar surface area (TPSA) is 80.9 Å². The molecule has 0 saturated heterocycles. The van der Waals surface area contributed by atoms with E-state index in [2.05, 4.69) is 15.3 Å². The van der Waals surface area contributed by atoms with Gasteiger partial charge in [-0.05, 0) is 42.0 Å². The van der Waals surface area contributed by atoms with Gasteiger partial charge in [-0.3, -0.25) is 9.78 Å². The van der Waals surface area contributed by atoms with Crippen molar-refractivity contribution < 1.29 is 9.18 Å². The molecule has 0 spiro atoms. The van der Waals surface area contributed by atoms with E-state index < -0.39 is 0 Å². The first-order valence-electron chi connectivity index (χ1n) is 8.73. The van der Waals surface area contributed by atoms with Crippen LogP contribution in [0.2, 0.25) is 0 Å². The third-order valence-electron chi connectivity index (χ3n) is 4.49. The SMILES string of the molecule is Nc1ncccc1CNC(=O)c1ccc(-c2cnc3cc(F)ccc3c2)cc1. The van der Waals surface area contributed by atoms with Gasteiger partial charge in [0.1, 0.15) is 11.6 Å². The zero-order valence-corrected chi connectivity index (χ0v) is 14.9. The number of hydrogen-bond acceptors (Lipinski definition) is 4. The Balaban J connectivity index is 1.49. The maximum atomic E-state index is 13.3. The van der Waals surface area contributed by atoms with Crippen molar-refractivity contribution in [2.75, 3.05) is 5.73 Å². The first kappa shape index (κ1) is 17.6. The highest BCUT2D eigenvalue weighted by Crippen LogP contribution is 2.23. The van der Waals surface area contributed by atoms with Crippen molar-refractivity contribution in [3.8, 4) is 11.1 Å². The van der Waals surface area contributed by atoms with E-state index >= 15 is 0 Å². The molecule has 2 heterocycles. The molecule has 0 aliphatic rings. The highest BCUT2D eigenvalue weighted by Gasteiger charge is 2.08. The molecule has 2 aromatic carbocycles. The minimum atomic E-state index is -0.309. The van der Waals surface area contributed by atoms with Gasteiger partial charge in [-0.15, -0.1) is 0 Å². The van der Waals surface area contributed by atoms with Crippen molar-refractivity contribution in [1.82, 2.24) is 15.3 Å². The first-order valence-corrected chi connectivity index (χ1v) is 8.73. The number of benzene rings is 2. The molecule has 2 aromatic heterocycles. The van der Waals surface area contributed by atoms with Gasteiger partial charge in [-0.2, -0.15) is 0 Å². The van der Waals surface area contributed by atoms with Gasteiger partial charge >= 0.3 is 0 Å². The van der Waals surface area contributed by atoms with Crippen LogP contribution in [0.5, 0.6) is 0 Å². The molecule has 0 bridgehead atoms. The van der Waals surface area contributed by atoms with Crippen LogP contribution in [0.4, 0.5) is 10.2 Å². The number of rotatable bonds is 4. The summed E-state index contributed by atoms with van der Waals surface area (Å²) in [6.45, 7) is 0.311. The smallest absolute Gasteiger partial charge is 0.251 e. The normalized spacial score (nSPS) is 10.8. The van der Waals surface area contributed by atoms with Crippen LogP contribution in [-0.4, -0.2) is 15.9 Å². The van der Waals surface area contributed by atoms with E-state index in [1.807, 2.05) is 24.3 Å². The van der Waals surface area contributed by atoms with Crippen molar-refractivity contribution in [3.05, 3.63) is 90.0 Å². The van der Waals surface area contributed by atoms with Gasteiger partial charge in [-0.25, -0.2) is 9.37 Å². The number of aromatic nitrogens is 2. The van der Waals surface area contributed by atoms with E-state index in [0.29, 0.717) is 23.4 Å². The zero-order chi connectivity index (χ0) is 19.5. The van der Waals surface area contributed by atoms with Crippen LogP contribution in [0.1, 0.15) is 15.9 Å². The fourth-order valence-corrected chi connectivity index (χ4v) is 2.94. The average Bonchev–Trinajstić information content (AvgIpc) is 2.72. The average molecular weight is 372 g/mol. The third kappa shape index (κ3) is 3.66. The van der Waals surface area contributed by atoms with E-state index in [1.165, 1.54) is 12.1 Å². The van der Waals surface area contributed by atoms with Crippen molar-refractivity contribution in [2.45, 2.75) is 6.54 Å². The second-order valence-electron chi connectivity index (χ2n) is 6.37. The summed E-state index contributed by atoms with van der Waals surface area (Å²) in [7, 11) is 0. The second kappa shape index (κ2) is 7.44. The maximum Gasteiger partial charge on any atom is 0.251 e. The van der Waals surface area contributed by atoms with Gasteiger partial charge in [-0.1, -0.05) is 18.2 Å². The molecule has 6 heteroatoms. The molecule has 138 valence electrons. The number of halogens is 1. The van der Waals surface area contributed by atoms with E-state index in [4.69, 9.17) is 5.73 Å². The van der Waals surface area contributed by atoms with Crippen LogP contribution in [0.25, 0.3) is 22.0 Å². The quantitative estimate of drug-likeness (QED) is 0.568. The Labute approximate surface area is 161 Å². The monoisotopic (exact) mass is 372 g/mol. The van der Waals surface area contributed by atoms with Gasteiger partial charge in [0.2, 0.25) is 0 Å². The molecular formula is C22H17FN4O. The van der Waals surface area contributed by atoms with Crippen LogP contribution in [0.15, 0.2) is 73.1 Å². The molecule has 0 saturated carbocycles. The van der Waals surface area contributed by atoms with Gasteiger partial charge in [0.15, 0.2) is 0 Å². The first-order chi connectivity index (χ1) is 13.6. The molecule has 5 nitrogen and oxygen atoms in total. The molecule has 0 aliphatic carbocycles. The Morgan fingerprint density at radius 1 is 1.00 bits per heavy atom. The number of nitrogens with two attached hydrogens (primary N) is 1. The zero-order valence-electron chi connectivity index (χ0n) is 14.9. The number of nitrogens with zero attached hydrogens (tertiary/aromatic N) is 2. The Morgan fingerprint density at radius 3 is 2.61 bits per heavy atom. The number of carbonyl (C=O) groups excluding carboxylic acids is 1. The predicted octanol–water partition coefficient (Wildman–Crippen LogP) is 3.95. The fourth-order valence-electron chi connectivity index (χ4n) is 2.94. The second-order valence-corrected chi connectivity index (χ2v) is 6.37. The molecule has 0 atom stereocenters. The number of carbonyl (C=O) groups is 1. The molecule has 28 heavy (non-hydrogen) atoms. The highest BCUT2D eigenvalue weighted by atomic mass is 19.1. The summed E-state index contributed by atoms with van der Waals surface area (Å²) in [4.78, 5) is 20.7. The van der Waals surface area contributed by atoms with Crippen LogP contribution in [0.3, 0.4) is 0 Å². The van der Waals surface area contributed by atoms with Gasteiger partial charge in [0.05, 0.1) is 5.52 Å².